The molecule has 0 saturated carbocycles. The largest absolute Gasteiger partial charge is 0.465 e. The Kier molecular flexibility index (Phi) is 6.83. The lowest BCUT2D eigenvalue weighted by Gasteiger charge is -2.05. The minimum atomic E-state index is -0.182. The standard InChI is InChI=1S/C9H15NO3/c1-8(2)9(12)13-6-4-3-5-10-7-11/h8H,3-6H2,1-2H3. The van der Waals surface area contributed by atoms with E-state index in [0.717, 1.165) is 12.8 Å². The number of hydrogen-bond acceptors (Lipinski definition) is 4. The molecule has 13 heavy (non-hydrogen) atoms. The Morgan fingerprint density at radius 1 is 1.46 bits per heavy atom. The van der Waals surface area contributed by atoms with Crippen molar-refractivity contribution in [2.75, 3.05) is 13.2 Å². The van der Waals surface area contributed by atoms with E-state index in [1.54, 1.807) is 13.8 Å². The first-order chi connectivity index (χ1) is 6.18. The maximum Gasteiger partial charge on any atom is 0.308 e. The molecule has 0 aliphatic carbocycles. The van der Waals surface area contributed by atoms with E-state index in [0.29, 0.717) is 13.2 Å². The predicted molar refractivity (Wildman–Crippen MR) is 48.0 cm³/mol. The molecule has 0 rings (SSSR count). The number of esters is 1. The summed E-state index contributed by atoms with van der Waals surface area (Å²) < 4.78 is 4.90. The van der Waals surface area contributed by atoms with Crippen LogP contribution in [-0.4, -0.2) is 25.2 Å². The van der Waals surface area contributed by atoms with Crippen molar-refractivity contribution in [3.63, 3.8) is 0 Å². The summed E-state index contributed by atoms with van der Waals surface area (Å²) in [6.07, 6.45) is 2.94. The molecule has 4 nitrogen and oxygen atoms in total. The van der Waals surface area contributed by atoms with Crippen molar-refractivity contribution in [2.45, 2.75) is 26.7 Å². The van der Waals surface area contributed by atoms with Gasteiger partial charge in [-0.1, -0.05) is 13.8 Å². The minimum absolute atomic E-state index is 0.0759. The number of carbonyl (C=O) groups excluding carboxylic acids is 2. The van der Waals surface area contributed by atoms with Crippen LogP contribution >= 0.6 is 0 Å². The number of ether oxygens (including phenoxy) is 1. The number of aliphatic imine (C=N–C) groups is 1. The molecule has 74 valence electrons. The molecule has 4 heteroatoms. The molecule has 0 amide bonds. The minimum Gasteiger partial charge on any atom is -0.465 e. The van der Waals surface area contributed by atoms with Gasteiger partial charge in [-0.15, -0.1) is 0 Å². The van der Waals surface area contributed by atoms with Crippen molar-refractivity contribution in [1.82, 2.24) is 0 Å². The molecular weight excluding hydrogens is 170 g/mol. The first kappa shape index (κ1) is 11.8. The third-order valence-corrected chi connectivity index (χ3v) is 1.44. The predicted octanol–water partition coefficient (Wildman–Crippen LogP) is 1.30. The van der Waals surface area contributed by atoms with Gasteiger partial charge in [0.2, 0.25) is 6.08 Å². The van der Waals surface area contributed by atoms with Crippen LogP contribution in [0.25, 0.3) is 0 Å². The molecule has 0 fully saturated rings. The van der Waals surface area contributed by atoms with Crippen LogP contribution in [0, 0.1) is 5.92 Å². The summed E-state index contributed by atoms with van der Waals surface area (Å²) in [5, 5.41) is 0. The Morgan fingerprint density at radius 2 is 2.15 bits per heavy atom. The molecule has 0 N–H and O–H groups in total. The quantitative estimate of drug-likeness (QED) is 0.271. The van der Waals surface area contributed by atoms with Gasteiger partial charge < -0.3 is 4.74 Å². The van der Waals surface area contributed by atoms with Gasteiger partial charge in [0.1, 0.15) is 0 Å². The maximum atomic E-state index is 10.9. The Bertz CT molecular complexity index is 195. The lowest BCUT2D eigenvalue weighted by molar-refractivity contribution is -0.147. The van der Waals surface area contributed by atoms with E-state index < -0.39 is 0 Å². The summed E-state index contributed by atoms with van der Waals surface area (Å²) in [7, 11) is 0. The summed E-state index contributed by atoms with van der Waals surface area (Å²) >= 11 is 0. The second kappa shape index (κ2) is 7.50. The number of hydrogen-bond donors (Lipinski definition) is 0. The molecular formula is C9H15NO3. The van der Waals surface area contributed by atoms with Crippen LogP contribution < -0.4 is 0 Å². The monoisotopic (exact) mass is 185 g/mol. The van der Waals surface area contributed by atoms with Crippen molar-refractivity contribution >= 4 is 12.0 Å². The van der Waals surface area contributed by atoms with Crippen LogP contribution in [0.1, 0.15) is 26.7 Å². The van der Waals surface area contributed by atoms with Crippen LogP contribution in [0.5, 0.6) is 0 Å². The van der Waals surface area contributed by atoms with E-state index in [9.17, 15) is 9.59 Å². The summed E-state index contributed by atoms with van der Waals surface area (Å²) in [6.45, 7) is 4.45. The fourth-order valence-corrected chi connectivity index (χ4v) is 0.678. The zero-order chi connectivity index (χ0) is 10.1. The molecule has 0 bridgehead atoms. The van der Waals surface area contributed by atoms with Crippen molar-refractivity contribution in [3.05, 3.63) is 0 Å². The van der Waals surface area contributed by atoms with E-state index in [2.05, 4.69) is 4.99 Å². The van der Waals surface area contributed by atoms with Crippen molar-refractivity contribution in [3.8, 4) is 0 Å². The highest BCUT2D eigenvalue weighted by Gasteiger charge is 2.06. The second-order valence-corrected chi connectivity index (χ2v) is 3.00. The average Bonchev–Trinajstić information content (AvgIpc) is 2.10. The summed E-state index contributed by atoms with van der Waals surface area (Å²) in [5.74, 6) is -0.258. The number of isocyanates is 1. The Balaban J connectivity index is 3.25. The fraction of sp³-hybridized carbons (Fsp3) is 0.778. The highest BCUT2D eigenvalue weighted by molar-refractivity contribution is 5.71. The second-order valence-electron chi connectivity index (χ2n) is 3.00. The third kappa shape index (κ3) is 7.22. The molecule has 0 saturated heterocycles. The van der Waals surface area contributed by atoms with Gasteiger partial charge in [0, 0.05) is 0 Å². The van der Waals surface area contributed by atoms with Gasteiger partial charge in [0.25, 0.3) is 0 Å². The summed E-state index contributed by atoms with van der Waals surface area (Å²) in [6, 6.07) is 0. The normalized spacial score (nSPS) is 9.46. The van der Waals surface area contributed by atoms with Crippen molar-refractivity contribution in [2.24, 2.45) is 10.9 Å². The molecule has 0 atom stereocenters. The number of carbonyl (C=O) groups is 1. The van der Waals surface area contributed by atoms with Gasteiger partial charge in [-0.2, -0.15) is 0 Å². The van der Waals surface area contributed by atoms with Gasteiger partial charge in [-0.3, -0.25) is 4.79 Å². The van der Waals surface area contributed by atoms with Gasteiger partial charge in [-0.05, 0) is 12.8 Å². The fourth-order valence-electron chi connectivity index (χ4n) is 0.678. The zero-order valence-electron chi connectivity index (χ0n) is 8.08. The van der Waals surface area contributed by atoms with Gasteiger partial charge in [-0.25, -0.2) is 9.79 Å². The Labute approximate surface area is 78.0 Å². The molecule has 0 unspecified atom stereocenters. The smallest absolute Gasteiger partial charge is 0.308 e. The summed E-state index contributed by atoms with van der Waals surface area (Å²) in [5.41, 5.74) is 0. The molecule has 0 aromatic heterocycles. The molecule has 0 spiro atoms. The number of nitrogens with zero attached hydrogens (tertiary/aromatic N) is 1. The van der Waals surface area contributed by atoms with Crippen LogP contribution in [-0.2, 0) is 14.3 Å². The molecule has 0 heterocycles. The highest BCUT2D eigenvalue weighted by Crippen LogP contribution is 1.98. The molecule has 0 aliphatic heterocycles. The summed E-state index contributed by atoms with van der Waals surface area (Å²) in [4.78, 5) is 24.0. The lowest BCUT2D eigenvalue weighted by Crippen LogP contribution is -2.12. The Morgan fingerprint density at radius 3 is 2.69 bits per heavy atom. The van der Waals surface area contributed by atoms with Crippen LogP contribution in [0.4, 0.5) is 0 Å². The number of unbranched alkanes of at least 4 members (excludes halogenated alkanes) is 1. The molecule has 0 radical (unpaired) electrons. The topological polar surface area (TPSA) is 55.7 Å². The first-order valence-corrected chi connectivity index (χ1v) is 4.38. The highest BCUT2D eigenvalue weighted by atomic mass is 16.5. The van der Waals surface area contributed by atoms with Crippen molar-refractivity contribution in [1.29, 1.82) is 0 Å². The average molecular weight is 185 g/mol. The van der Waals surface area contributed by atoms with Gasteiger partial charge in [0.05, 0.1) is 19.1 Å². The lowest BCUT2D eigenvalue weighted by atomic mass is 10.2. The van der Waals surface area contributed by atoms with Crippen LogP contribution in [0.15, 0.2) is 4.99 Å². The maximum absolute atomic E-state index is 10.9. The third-order valence-electron chi connectivity index (χ3n) is 1.44. The van der Waals surface area contributed by atoms with Crippen LogP contribution in [0.2, 0.25) is 0 Å². The molecule has 0 aromatic carbocycles. The van der Waals surface area contributed by atoms with Crippen molar-refractivity contribution < 1.29 is 14.3 Å². The van der Waals surface area contributed by atoms with E-state index in [4.69, 9.17) is 4.74 Å². The SMILES string of the molecule is CC(C)C(=O)OCCCCN=C=O. The molecule has 0 aromatic rings. The van der Waals surface area contributed by atoms with Gasteiger partial charge in [0.15, 0.2) is 0 Å². The Hall–Kier alpha value is -1.15. The van der Waals surface area contributed by atoms with E-state index in [1.165, 1.54) is 6.08 Å². The van der Waals surface area contributed by atoms with E-state index >= 15 is 0 Å². The number of rotatable bonds is 6. The first-order valence-electron chi connectivity index (χ1n) is 4.38. The zero-order valence-corrected chi connectivity index (χ0v) is 8.08. The van der Waals surface area contributed by atoms with Crippen LogP contribution in [0.3, 0.4) is 0 Å². The molecule has 0 aliphatic rings. The van der Waals surface area contributed by atoms with E-state index in [-0.39, 0.29) is 11.9 Å². The van der Waals surface area contributed by atoms with Gasteiger partial charge >= 0.3 is 5.97 Å². The van der Waals surface area contributed by atoms with E-state index in [1.807, 2.05) is 0 Å².